The topological polar surface area (TPSA) is 98.2 Å². The first kappa shape index (κ1) is 14.5. The van der Waals surface area contributed by atoms with E-state index in [0.717, 1.165) is 19.3 Å². The lowest BCUT2D eigenvalue weighted by atomic mass is 9.95. The molecule has 0 heterocycles. The summed E-state index contributed by atoms with van der Waals surface area (Å²) >= 11 is 0. The SMILES string of the molecule is Cc1c(NC(=O)C2CCCC2CN)cccc1C(N)=O. The quantitative estimate of drug-likeness (QED) is 0.774. The molecule has 1 saturated carbocycles. The highest BCUT2D eigenvalue weighted by Crippen LogP contribution is 2.32. The fraction of sp³-hybridized carbons (Fsp3) is 0.467. The van der Waals surface area contributed by atoms with Gasteiger partial charge in [-0.25, -0.2) is 0 Å². The number of nitrogens with two attached hydrogens (primary N) is 2. The Morgan fingerprint density at radius 1 is 1.35 bits per heavy atom. The predicted octanol–water partition coefficient (Wildman–Crippen LogP) is 1.41. The van der Waals surface area contributed by atoms with Crippen LogP contribution < -0.4 is 16.8 Å². The summed E-state index contributed by atoms with van der Waals surface area (Å²) < 4.78 is 0. The van der Waals surface area contributed by atoms with Crippen molar-refractivity contribution >= 4 is 17.5 Å². The number of hydrogen-bond acceptors (Lipinski definition) is 3. The first-order valence-electron chi connectivity index (χ1n) is 6.95. The molecule has 1 aliphatic carbocycles. The van der Waals surface area contributed by atoms with Gasteiger partial charge in [-0.2, -0.15) is 0 Å². The third kappa shape index (κ3) is 2.82. The number of anilines is 1. The summed E-state index contributed by atoms with van der Waals surface area (Å²) in [6, 6.07) is 5.16. The van der Waals surface area contributed by atoms with Gasteiger partial charge in [0, 0.05) is 17.2 Å². The van der Waals surface area contributed by atoms with Gasteiger partial charge >= 0.3 is 0 Å². The maximum Gasteiger partial charge on any atom is 0.249 e. The van der Waals surface area contributed by atoms with Crippen molar-refractivity contribution in [1.29, 1.82) is 0 Å². The lowest BCUT2D eigenvalue weighted by Gasteiger charge is -2.18. The van der Waals surface area contributed by atoms with Crippen molar-refractivity contribution in [3.05, 3.63) is 29.3 Å². The molecule has 20 heavy (non-hydrogen) atoms. The average Bonchev–Trinajstić information content (AvgIpc) is 2.89. The zero-order chi connectivity index (χ0) is 14.7. The molecule has 5 nitrogen and oxygen atoms in total. The van der Waals surface area contributed by atoms with Crippen molar-refractivity contribution in [1.82, 2.24) is 0 Å². The summed E-state index contributed by atoms with van der Waals surface area (Å²) in [4.78, 5) is 23.6. The highest BCUT2D eigenvalue weighted by Gasteiger charge is 2.32. The molecule has 108 valence electrons. The lowest BCUT2D eigenvalue weighted by molar-refractivity contribution is -0.120. The Balaban J connectivity index is 2.16. The van der Waals surface area contributed by atoms with E-state index < -0.39 is 5.91 Å². The second kappa shape index (κ2) is 6.05. The molecule has 2 rings (SSSR count). The van der Waals surface area contributed by atoms with Gasteiger partial charge in [0.2, 0.25) is 11.8 Å². The number of hydrogen-bond donors (Lipinski definition) is 3. The van der Waals surface area contributed by atoms with Gasteiger partial charge in [0.15, 0.2) is 0 Å². The number of nitrogens with one attached hydrogen (secondary N) is 1. The van der Waals surface area contributed by atoms with Crippen LogP contribution in [0.15, 0.2) is 18.2 Å². The molecule has 0 aliphatic heterocycles. The Bertz CT molecular complexity index is 528. The summed E-state index contributed by atoms with van der Waals surface area (Å²) in [5.74, 6) is -0.270. The maximum atomic E-state index is 12.3. The Kier molecular flexibility index (Phi) is 4.39. The van der Waals surface area contributed by atoms with Gasteiger partial charge in [-0.3, -0.25) is 9.59 Å². The maximum absolute atomic E-state index is 12.3. The van der Waals surface area contributed by atoms with E-state index in [1.165, 1.54) is 0 Å². The normalized spacial score (nSPS) is 21.7. The van der Waals surface area contributed by atoms with Gasteiger partial charge in [-0.1, -0.05) is 12.5 Å². The van der Waals surface area contributed by atoms with Crippen LogP contribution in [0.2, 0.25) is 0 Å². The highest BCUT2D eigenvalue weighted by atomic mass is 16.2. The number of carbonyl (C=O) groups excluding carboxylic acids is 2. The number of carbonyl (C=O) groups is 2. The van der Waals surface area contributed by atoms with Gasteiger partial charge in [0.1, 0.15) is 0 Å². The number of amides is 2. The van der Waals surface area contributed by atoms with Gasteiger partial charge < -0.3 is 16.8 Å². The molecule has 2 atom stereocenters. The molecule has 0 saturated heterocycles. The van der Waals surface area contributed by atoms with E-state index in [1.807, 2.05) is 0 Å². The third-order valence-corrected chi connectivity index (χ3v) is 4.16. The largest absolute Gasteiger partial charge is 0.366 e. The summed E-state index contributed by atoms with van der Waals surface area (Å²) in [5.41, 5.74) is 12.8. The van der Waals surface area contributed by atoms with Gasteiger partial charge in [0.25, 0.3) is 0 Å². The molecule has 5 N–H and O–H groups in total. The van der Waals surface area contributed by atoms with E-state index in [-0.39, 0.29) is 17.7 Å². The van der Waals surface area contributed by atoms with Crippen molar-refractivity contribution in [3.8, 4) is 0 Å². The molecule has 0 aromatic heterocycles. The molecular formula is C15H21N3O2. The smallest absolute Gasteiger partial charge is 0.249 e. The average molecular weight is 275 g/mol. The second-order valence-corrected chi connectivity index (χ2v) is 5.36. The zero-order valence-electron chi connectivity index (χ0n) is 11.7. The van der Waals surface area contributed by atoms with E-state index in [4.69, 9.17) is 11.5 Å². The monoisotopic (exact) mass is 275 g/mol. The molecule has 0 radical (unpaired) electrons. The summed E-state index contributed by atoms with van der Waals surface area (Å²) in [7, 11) is 0. The Morgan fingerprint density at radius 2 is 2.10 bits per heavy atom. The summed E-state index contributed by atoms with van der Waals surface area (Å²) in [5, 5.41) is 2.91. The predicted molar refractivity (Wildman–Crippen MR) is 78.2 cm³/mol. The molecule has 1 aromatic carbocycles. The minimum Gasteiger partial charge on any atom is -0.366 e. The van der Waals surface area contributed by atoms with Crippen LogP contribution in [0, 0.1) is 18.8 Å². The molecule has 2 unspecified atom stereocenters. The van der Waals surface area contributed by atoms with E-state index in [1.54, 1.807) is 25.1 Å². The van der Waals surface area contributed by atoms with Gasteiger partial charge in [-0.05, 0) is 49.9 Å². The molecule has 0 spiro atoms. The van der Waals surface area contributed by atoms with Crippen LogP contribution >= 0.6 is 0 Å². The second-order valence-electron chi connectivity index (χ2n) is 5.36. The van der Waals surface area contributed by atoms with E-state index in [9.17, 15) is 9.59 Å². The molecule has 1 fully saturated rings. The first-order chi connectivity index (χ1) is 9.54. The van der Waals surface area contributed by atoms with Crippen LogP contribution in [0.5, 0.6) is 0 Å². The van der Waals surface area contributed by atoms with Crippen molar-refractivity contribution in [2.45, 2.75) is 26.2 Å². The Morgan fingerprint density at radius 3 is 2.75 bits per heavy atom. The minimum atomic E-state index is -0.487. The Labute approximate surface area is 118 Å². The van der Waals surface area contributed by atoms with Crippen LogP contribution in [0.25, 0.3) is 0 Å². The Hall–Kier alpha value is -1.88. The van der Waals surface area contributed by atoms with Crippen LogP contribution in [-0.2, 0) is 4.79 Å². The van der Waals surface area contributed by atoms with Crippen molar-refractivity contribution < 1.29 is 9.59 Å². The lowest BCUT2D eigenvalue weighted by Crippen LogP contribution is -2.30. The van der Waals surface area contributed by atoms with E-state index in [0.29, 0.717) is 23.4 Å². The molecule has 1 aromatic rings. The third-order valence-electron chi connectivity index (χ3n) is 4.16. The van der Waals surface area contributed by atoms with Crippen LogP contribution in [0.4, 0.5) is 5.69 Å². The van der Waals surface area contributed by atoms with Crippen molar-refractivity contribution in [3.63, 3.8) is 0 Å². The van der Waals surface area contributed by atoms with Crippen LogP contribution in [0.3, 0.4) is 0 Å². The minimum absolute atomic E-state index is 0.0114. The zero-order valence-corrected chi connectivity index (χ0v) is 11.7. The van der Waals surface area contributed by atoms with Gasteiger partial charge in [-0.15, -0.1) is 0 Å². The van der Waals surface area contributed by atoms with Crippen LogP contribution in [0.1, 0.15) is 35.2 Å². The van der Waals surface area contributed by atoms with Gasteiger partial charge in [0.05, 0.1) is 0 Å². The summed E-state index contributed by atoms with van der Waals surface area (Å²) in [6.45, 7) is 2.32. The van der Waals surface area contributed by atoms with Crippen molar-refractivity contribution in [2.24, 2.45) is 23.3 Å². The number of primary amides is 1. The molecule has 0 bridgehead atoms. The molecule has 2 amide bonds. The molecule has 1 aliphatic rings. The first-order valence-corrected chi connectivity index (χ1v) is 6.95. The van der Waals surface area contributed by atoms with E-state index in [2.05, 4.69) is 5.32 Å². The molecular weight excluding hydrogens is 254 g/mol. The van der Waals surface area contributed by atoms with E-state index >= 15 is 0 Å². The fourth-order valence-corrected chi connectivity index (χ4v) is 2.93. The van der Waals surface area contributed by atoms with Crippen molar-refractivity contribution in [2.75, 3.05) is 11.9 Å². The standard InChI is InChI=1S/C15H21N3O2/c1-9-11(14(17)19)5-3-7-13(9)18-15(20)12-6-2-4-10(12)8-16/h3,5,7,10,12H,2,4,6,8,16H2,1H3,(H2,17,19)(H,18,20). The summed E-state index contributed by atoms with van der Waals surface area (Å²) in [6.07, 6.45) is 2.93. The number of rotatable bonds is 4. The number of benzene rings is 1. The molecule has 5 heteroatoms. The fourth-order valence-electron chi connectivity index (χ4n) is 2.93. The van der Waals surface area contributed by atoms with Crippen LogP contribution in [-0.4, -0.2) is 18.4 Å². The highest BCUT2D eigenvalue weighted by molar-refractivity contribution is 5.99.